The number of unbranched alkanes of at least 4 members (excludes halogenated alkanes) is 56. The molecule has 0 aromatic carbocycles. The molecule has 6 nitrogen and oxygen atoms in total. The van der Waals surface area contributed by atoms with Crippen molar-refractivity contribution in [1.29, 1.82) is 0 Å². The highest BCUT2D eigenvalue weighted by Crippen LogP contribution is 2.19. The first-order valence-electron chi connectivity index (χ1n) is 36.4. The molecule has 6 heteroatoms. The minimum absolute atomic E-state index is 0.0204. The fourth-order valence-electron chi connectivity index (χ4n) is 11.8. The van der Waals surface area contributed by atoms with Crippen LogP contribution in [-0.2, 0) is 14.3 Å². The molecule has 0 fully saturated rings. The van der Waals surface area contributed by atoms with Crippen molar-refractivity contribution < 1.29 is 24.5 Å². The Morgan fingerprint density at radius 1 is 0.342 bits per heavy atom. The summed E-state index contributed by atoms with van der Waals surface area (Å²) in [6.45, 7) is 5.00. The van der Waals surface area contributed by atoms with Gasteiger partial charge < -0.3 is 20.3 Å². The highest BCUT2D eigenvalue weighted by atomic mass is 16.5. The summed E-state index contributed by atoms with van der Waals surface area (Å²) < 4.78 is 5.50. The van der Waals surface area contributed by atoms with Crippen LogP contribution in [0.3, 0.4) is 0 Å². The zero-order valence-electron chi connectivity index (χ0n) is 53.9. The van der Waals surface area contributed by atoms with Crippen LogP contribution in [0.2, 0.25) is 0 Å². The summed E-state index contributed by atoms with van der Waals surface area (Å²) in [6, 6.07) is -0.540. The molecule has 0 spiro atoms. The Hall–Kier alpha value is -1.40. The number of esters is 1. The zero-order valence-corrected chi connectivity index (χ0v) is 53.9. The van der Waals surface area contributed by atoms with Crippen LogP contribution in [0.4, 0.5) is 0 Å². The molecular formula is C73H143NO5. The summed E-state index contributed by atoms with van der Waals surface area (Å²) in [5, 5.41) is 23.4. The van der Waals surface area contributed by atoms with Crippen molar-refractivity contribution in [2.75, 3.05) is 13.2 Å². The average molecular weight is 1110 g/mol. The second kappa shape index (κ2) is 69.1. The van der Waals surface area contributed by atoms with Gasteiger partial charge in [0.25, 0.3) is 0 Å². The Morgan fingerprint density at radius 3 is 0.899 bits per heavy atom. The van der Waals surface area contributed by atoms with Crippen molar-refractivity contribution in [3.05, 3.63) is 12.2 Å². The summed E-state index contributed by atoms with van der Waals surface area (Å²) in [6.07, 6.45) is 85.6. The lowest BCUT2D eigenvalue weighted by atomic mass is 10.0. The molecule has 2 unspecified atom stereocenters. The molecule has 0 heterocycles. The first-order valence-corrected chi connectivity index (χ1v) is 36.4. The summed E-state index contributed by atoms with van der Waals surface area (Å²) in [4.78, 5) is 24.6. The predicted octanol–water partition coefficient (Wildman–Crippen LogP) is 23.5. The summed E-state index contributed by atoms with van der Waals surface area (Å²) in [7, 11) is 0. The second-order valence-electron chi connectivity index (χ2n) is 25.3. The van der Waals surface area contributed by atoms with E-state index >= 15 is 0 Å². The van der Waals surface area contributed by atoms with Gasteiger partial charge in [-0.3, -0.25) is 9.59 Å². The molecule has 2 atom stereocenters. The van der Waals surface area contributed by atoms with E-state index in [2.05, 4.69) is 31.3 Å². The lowest BCUT2D eigenvalue weighted by molar-refractivity contribution is -0.143. The lowest BCUT2D eigenvalue weighted by Crippen LogP contribution is -2.45. The van der Waals surface area contributed by atoms with Crippen LogP contribution in [0.15, 0.2) is 12.2 Å². The Kier molecular flexibility index (Phi) is 67.9. The number of aliphatic hydroxyl groups is 2. The highest BCUT2D eigenvalue weighted by Gasteiger charge is 2.20. The van der Waals surface area contributed by atoms with Crippen LogP contribution >= 0.6 is 0 Å². The Morgan fingerprint density at radius 2 is 0.595 bits per heavy atom. The largest absolute Gasteiger partial charge is 0.466 e. The molecule has 1 amide bonds. The van der Waals surface area contributed by atoms with Gasteiger partial charge >= 0.3 is 5.97 Å². The summed E-state index contributed by atoms with van der Waals surface area (Å²) in [5.74, 6) is -0.00859. The zero-order chi connectivity index (χ0) is 57.1. The molecule has 79 heavy (non-hydrogen) atoms. The number of nitrogens with one attached hydrogen (secondary N) is 1. The number of ether oxygens (including phenoxy) is 1. The van der Waals surface area contributed by atoms with Gasteiger partial charge in [-0.1, -0.05) is 366 Å². The number of hydrogen-bond donors (Lipinski definition) is 3. The molecule has 0 aliphatic rings. The van der Waals surface area contributed by atoms with Gasteiger partial charge in [0.1, 0.15) is 0 Å². The van der Waals surface area contributed by atoms with Gasteiger partial charge in [0.05, 0.1) is 25.4 Å². The predicted molar refractivity (Wildman–Crippen MR) is 347 cm³/mol. The quantitative estimate of drug-likeness (QED) is 0.0320. The van der Waals surface area contributed by atoms with Gasteiger partial charge in [-0.05, 0) is 51.4 Å². The van der Waals surface area contributed by atoms with E-state index in [1.165, 1.54) is 347 Å². The number of aliphatic hydroxyl groups excluding tert-OH is 2. The number of carbonyl (C=O) groups excluding carboxylic acids is 2. The SMILES string of the molecule is CCCCCCCCCCCCCCCCCCCCC(O)C(CO)NC(=O)CCCCCCCCCCCCCCCC/C=C\CCCCCCCCCCCCCCOC(=O)CCCCCCCCCCCCCCCC. The van der Waals surface area contributed by atoms with Gasteiger partial charge in [-0.15, -0.1) is 0 Å². The molecule has 0 aromatic rings. The van der Waals surface area contributed by atoms with Gasteiger partial charge in [0.15, 0.2) is 0 Å². The second-order valence-corrected chi connectivity index (χ2v) is 25.3. The van der Waals surface area contributed by atoms with E-state index in [4.69, 9.17) is 4.74 Å². The first-order chi connectivity index (χ1) is 39.0. The molecule has 0 aromatic heterocycles. The molecule has 0 saturated carbocycles. The molecule has 0 aliphatic carbocycles. The molecule has 0 radical (unpaired) electrons. The van der Waals surface area contributed by atoms with E-state index in [0.717, 1.165) is 38.5 Å². The third-order valence-corrected chi connectivity index (χ3v) is 17.3. The number of carbonyl (C=O) groups is 2. The van der Waals surface area contributed by atoms with Gasteiger partial charge in [-0.2, -0.15) is 0 Å². The van der Waals surface area contributed by atoms with Gasteiger partial charge in [0.2, 0.25) is 5.91 Å². The monoisotopic (exact) mass is 1110 g/mol. The van der Waals surface area contributed by atoms with Crippen molar-refractivity contribution >= 4 is 11.9 Å². The molecule has 0 saturated heterocycles. The standard InChI is InChI=1S/C73H143NO5/c1-3-5-7-9-11-13-15-17-19-20-35-38-41-45-49-53-57-61-65-71(76)70(69-75)74-72(77)66-62-58-54-50-46-42-39-36-33-31-29-27-25-23-21-22-24-26-28-30-32-34-37-40-44-48-52-56-60-64-68-79-73(78)67-63-59-55-51-47-43-18-16-14-12-10-8-6-4-2/h22,24,70-71,75-76H,3-21,23,25-69H2,1-2H3,(H,74,77)/b24-22-. The molecular weight excluding hydrogens is 971 g/mol. The van der Waals surface area contributed by atoms with E-state index in [0.29, 0.717) is 25.9 Å². The van der Waals surface area contributed by atoms with E-state index in [1.54, 1.807) is 0 Å². The van der Waals surface area contributed by atoms with E-state index in [-0.39, 0.29) is 18.5 Å². The van der Waals surface area contributed by atoms with Crippen LogP contribution in [0.1, 0.15) is 418 Å². The summed E-state index contributed by atoms with van der Waals surface area (Å²) >= 11 is 0. The Bertz CT molecular complexity index is 1190. The number of amides is 1. The third-order valence-electron chi connectivity index (χ3n) is 17.3. The van der Waals surface area contributed by atoms with Crippen molar-refractivity contribution in [3.63, 3.8) is 0 Å². The van der Waals surface area contributed by atoms with Crippen LogP contribution in [0, 0.1) is 0 Å². The van der Waals surface area contributed by atoms with Gasteiger partial charge in [0, 0.05) is 12.8 Å². The molecule has 470 valence electrons. The lowest BCUT2D eigenvalue weighted by Gasteiger charge is -2.22. The molecule has 0 bridgehead atoms. The number of hydrogen-bond acceptors (Lipinski definition) is 5. The number of rotatable bonds is 69. The van der Waals surface area contributed by atoms with E-state index in [9.17, 15) is 19.8 Å². The van der Waals surface area contributed by atoms with E-state index in [1.807, 2.05) is 0 Å². The van der Waals surface area contributed by atoms with Crippen LogP contribution < -0.4 is 5.32 Å². The Labute approximate surface area is 495 Å². The maximum absolute atomic E-state index is 12.5. The normalized spacial score (nSPS) is 12.5. The van der Waals surface area contributed by atoms with Crippen molar-refractivity contribution in [2.45, 2.75) is 431 Å². The molecule has 3 N–H and O–H groups in total. The fraction of sp³-hybridized carbons (Fsp3) is 0.945. The fourth-order valence-corrected chi connectivity index (χ4v) is 11.8. The number of allylic oxidation sites excluding steroid dienone is 2. The Balaban J connectivity index is 3.35. The topological polar surface area (TPSA) is 95.9 Å². The smallest absolute Gasteiger partial charge is 0.305 e. The maximum Gasteiger partial charge on any atom is 0.305 e. The molecule has 0 aliphatic heterocycles. The van der Waals surface area contributed by atoms with Crippen LogP contribution in [0.5, 0.6) is 0 Å². The van der Waals surface area contributed by atoms with Crippen molar-refractivity contribution in [2.24, 2.45) is 0 Å². The highest BCUT2D eigenvalue weighted by molar-refractivity contribution is 5.76. The van der Waals surface area contributed by atoms with Crippen LogP contribution in [0.25, 0.3) is 0 Å². The maximum atomic E-state index is 12.5. The van der Waals surface area contributed by atoms with E-state index < -0.39 is 12.1 Å². The minimum Gasteiger partial charge on any atom is -0.466 e. The minimum atomic E-state index is -0.663. The summed E-state index contributed by atoms with van der Waals surface area (Å²) in [5.41, 5.74) is 0. The van der Waals surface area contributed by atoms with Crippen molar-refractivity contribution in [3.8, 4) is 0 Å². The van der Waals surface area contributed by atoms with Crippen molar-refractivity contribution in [1.82, 2.24) is 5.32 Å². The first kappa shape index (κ1) is 77.6. The third kappa shape index (κ3) is 65.6. The van der Waals surface area contributed by atoms with Gasteiger partial charge in [-0.25, -0.2) is 0 Å². The molecule has 0 rings (SSSR count). The van der Waals surface area contributed by atoms with Crippen LogP contribution in [-0.4, -0.2) is 47.4 Å². The average Bonchev–Trinajstić information content (AvgIpc) is 3.45.